The zero-order valence-corrected chi connectivity index (χ0v) is 12.7. The minimum Gasteiger partial charge on any atom is -0.207 e. The van der Waals surface area contributed by atoms with Gasteiger partial charge in [0, 0.05) is 0 Å². The third kappa shape index (κ3) is 3.48. The van der Waals surface area contributed by atoms with Gasteiger partial charge in [0.25, 0.3) is 0 Å². The second-order valence-corrected chi connectivity index (χ2v) is 6.55. The molecule has 0 bridgehead atoms. The Labute approximate surface area is 125 Å². The van der Waals surface area contributed by atoms with Crippen molar-refractivity contribution in [2.75, 3.05) is 0 Å². The Morgan fingerprint density at radius 1 is 1.10 bits per heavy atom. The van der Waals surface area contributed by atoms with Gasteiger partial charge in [-0.15, -0.1) is 0 Å². The van der Waals surface area contributed by atoms with Crippen LogP contribution in [0.4, 0.5) is 0 Å². The highest BCUT2D eigenvalue weighted by Gasteiger charge is 2.22. The molecule has 0 fully saturated rings. The molecule has 0 aliphatic carbocycles. The number of nitrogens with zero attached hydrogens (tertiary/aromatic N) is 1. The van der Waals surface area contributed by atoms with Crippen molar-refractivity contribution in [1.82, 2.24) is 4.72 Å². The molecule has 1 N–H and O–H groups in total. The van der Waals surface area contributed by atoms with E-state index >= 15 is 0 Å². The van der Waals surface area contributed by atoms with Gasteiger partial charge in [-0.25, -0.2) is 8.42 Å². The molecule has 4 nitrogen and oxygen atoms in total. The Bertz CT molecular complexity index is 778. The monoisotopic (exact) mass is 300 g/mol. The zero-order valence-electron chi connectivity index (χ0n) is 11.9. The van der Waals surface area contributed by atoms with Crippen molar-refractivity contribution >= 4 is 10.0 Å². The first kappa shape index (κ1) is 15.2. The van der Waals surface area contributed by atoms with Crippen LogP contribution >= 0.6 is 0 Å². The number of nitriles is 1. The SMILES string of the molecule is Cc1ccc(S(=O)(=O)NC(C#N)c2ccccc2)c(C)c1. The molecule has 2 aromatic rings. The van der Waals surface area contributed by atoms with Crippen LogP contribution in [0.25, 0.3) is 0 Å². The average molecular weight is 300 g/mol. The minimum atomic E-state index is -3.74. The van der Waals surface area contributed by atoms with Gasteiger partial charge < -0.3 is 0 Å². The predicted octanol–water partition coefficient (Wildman–Crippen LogP) is 2.85. The summed E-state index contributed by atoms with van der Waals surface area (Å²) >= 11 is 0. The molecule has 0 saturated heterocycles. The number of rotatable bonds is 4. The first-order valence-corrected chi connectivity index (χ1v) is 7.96. The molecule has 0 spiro atoms. The van der Waals surface area contributed by atoms with Gasteiger partial charge in [0.05, 0.1) is 11.0 Å². The number of aryl methyl sites for hydroxylation is 2. The summed E-state index contributed by atoms with van der Waals surface area (Å²) in [5.74, 6) is 0. The summed E-state index contributed by atoms with van der Waals surface area (Å²) in [5.41, 5.74) is 2.27. The normalized spacial score (nSPS) is 12.6. The van der Waals surface area contributed by atoms with Crippen molar-refractivity contribution in [3.05, 3.63) is 65.2 Å². The zero-order chi connectivity index (χ0) is 15.5. The van der Waals surface area contributed by atoms with E-state index in [0.717, 1.165) is 5.56 Å². The Morgan fingerprint density at radius 3 is 2.33 bits per heavy atom. The van der Waals surface area contributed by atoms with E-state index in [2.05, 4.69) is 4.72 Å². The first-order chi connectivity index (χ1) is 9.94. The smallest absolute Gasteiger partial charge is 0.207 e. The third-order valence-corrected chi connectivity index (χ3v) is 4.74. The van der Waals surface area contributed by atoms with E-state index < -0.39 is 16.1 Å². The molecule has 2 rings (SSSR count). The fourth-order valence-electron chi connectivity index (χ4n) is 2.13. The third-order valence-electron chi connectivity index (χ3n) is 3.15. The summed E-state index contributed by atoms with van der Waals surface area (Å²) in [6.07, 6.45) is 0. The van der Waals surface area contributed by atoms with E-state index in [4.69, 9.17) is 0 Å². The molecule has 5 heteroatoms. The summed E-state index contributed by atoms with van der Waals surface area (Å²) in [6, 6.07) is 15.0. The van der Waals surface area contributed by atoms with Crippen LogP contribution in [0.15, 0.2) is 53.4 Å². The highest BCUT2D eigenvalue weighted by Crippen LogP contribution is 2.20. The molecule has 2 aromatic carbocycles. The second kappa shape index (κ2) is 6.08. The molecule has 108 valence electrons. The van der Waals surface area contributed by atoms with Crippen molar-refractivity contribution in [3.63, 3.8) is 0 Å². The molecule has 1 unspecified atom stereocenters. The van der Waals surface area contributed by atoms with Crippen molar-refractivity contribution in [2.45, 2.75) is 24.8 Å². The number of nitrogens with one attached hydrogen (secondary N) is 1. The number of benzene rings is 2. The number of sulfonamides is 1. The highest BCUT2D eigenvalue weighted by molar-refractivity contribution is 7.89. The number of hydrogen-bond donors (Lipinski definition) is 1. The van der Waals surface area contributed by atoms with E-state index in [1.165, 1.54) is 0 Å². The van der Waals surface area contributed by atoms with Crippen LogP contribution in [-0.2, 0) is 10.0 Å². The molecule has 0 heterocycles. The summed E-state index contributed by atoms with van der Waals surface area (Å²) in [5, 5.41) is 9.23. The van der Waals surface area contributed by atoms with Crippen LogP contribution in [0.1, 0.15) is 22.7 Å². The van der Waals surface area contributed by atoms with Gasteiger partial charge in [0.2, 0.25) is 10.0 Å². The molecular weight excluding hydrogens is 284 g/mol. The fraction of sp³-hybridized carbons (Fsp3) is 0.188. The molecule has 0 amide bonds. The highest BCUT2D eigenvalue weighted by atomic mass is 32.2. The molecule has 0 aliphatic heterocycles. The standard InChI is InChI=1S/C16H16N2O2S/c1-12-8-9-16(13(2)10-12)21(19,20)18-15(11-17)14-6-4-3-5-7-14/h3-10,15,18H,1-2H3. The maximum atomic E-state index is 12.4. The van der Waals surface area contributed by atoms with E-state index in [1.807, 2.05) is 19.1 Å². The van der Waals surface area contributed by atoms with E-state index in [-0.39, 0.29) is 4.90 Å². The quantitative estimate of drug-likeness (QED) is 0.944. The predicted molar refractivity (Wildman–Crippen MR) is 81.0 cm³/mol. The molecule has 1 atom stereocenters. The van der Waals surface area contributed by atoms with Crippen LogP contribution < -0.4 is 4.72 Å². The van der Waals surface area contributed by atoms with E-state index in [9.17, 15) is 13.7 Å². The maximum absolute atomic E-state index is 12.4. The molecule has 0 aliphatic rings. The molecule has 0 radical (unpaired) electrons. The summed E-state index contributed by atoms with van der Waals surface area (Å²) in [7, 11) is -3.74. The van der Waals surface area contributed by atoms with Crippen molar-refractivity contribution in [3.8, 4) is 6.07 Å². The van der Waals surface area contributed by atoms with Gasteiger partial charge in [-0.2, -0.15) is 9.98 Å². The van der Waals surface area contributed by atoms with Crippen molar-refractivity contribution in [2.24, 2.45) is 0 Å². The Morgan fingerprint density at radius 2 is 1.76 bits per heavy atom. The van der Waals surface area contributed by atoms with Crippen molar-refractivity contribution in [1.29, 1.82) is 5.26 Å². The van der Waals surface area contributed by atoms with Gasteiger partial charge >= 0.3 is 0 Å². The van der Waals surface area contributed by atoms with Gasteiger partial charge in [-0.05, 0) is 31.0 Å². The van der Waals surface area contributed by atoms with Gasteiger partial charge in [-0.3, -0.25) is 0 Å². The summed E-state index contributed by atoms with van der Waals surface area (Å²) in [4.78, 5) is 0.198. The molecule has 0 aromatic heterocycles. The lowest BCUT2D eigenvalue weighted by atomic mass is 10.1. The Hall–Kier alpha value is -2.16. The fourth-order valence-corrected chi connectivity index (χ4v) is 3.49. The summed E-state index contributed by atoms with van der Waals surface area (Å²) in [6.45, 7) is 3.64. The maximum Gasteiger partial charge on any atom is 0.242 e. The largest absolute Gasteiger partial charge is 0.242 e. The first-order valence-electron chi connectivity index (χ1n) is 6.48. The lowest BCUT2D eigenvalue weighted by Gasteiger charge is -2.14. The topological polar surface area (TPSA) is 70.0 Å². The lowest BCUT2D eigenvalue weighted by molar-refractivity contribution is 0.575. The molecule has 0 saturated carbocycles. The van der Waals surface area contributed by atoms with E-state index in [0.29, 0.717) is 11.1 Å². The average Bonchev–Trinajstić information content (AvgIpc) is 2.45. The van der Waals surface area contributed by atoms with Crippen molar-refractivity contribution < 1.29 is 8.42 Å². The molecular formula is C16H16N2O2S. The number of hydrogen-bond acceptors (Lipinski definition) is 3. The van der Waals surface area contributed by atoms with Crippen LogP contribution in [0, 0.1) is 25.2 Å². The van der Waals surface area contributed by atoms with Crippen LogP contribution in [-0.4, -0.2) is 8.42 Å². The van der Waals surface area contributed by atoms with Crippen LogP contribution in [0.3, 0.4) is 0 Å². The van der Waals surface area contributed by atoms with Gasteiger partial charge in [0.15, 0.2) is 0 Å². The lowest BCUT2D eigenvalue weighted by Crippen LogP contribution is -2.28. The minimum absolute atomic E-state index is 0.198. The molecule has 21 heavy (non-hydrogen) atoms. The Kier molecular flexibility index (Phi) is 4.41. The second-order valence-electron chi connectivity index (χ2n) is 4.86. The van der Waals surface area contributed by atoms with Gasteiger partial charge in [-0.1, -0.05) is 48.0 Å². The van der Waals surface area contributed by atoms with E-state index in [1.54, 1.807) is 49.4 Å². The van der Waals surface area contributed by atoms with Gasteiger partial charge in [0.1, 0.15) is 6.04 Å². The summed E-state index contributed by atoms with van der Waals surface area (Å²) < 4.78 is 27.3. The van der Waals surface area contributed by atoms with Crippen LogP contribution in [0.2, 0.25) is 0 Å². The Balaban J connectivity index is 2.35. The van der Waals surface area contributed by atoms with Crippen LogP contribution in [0.5, 0.6) is 0 Å².